The standard InChI is InChI=1S/C17H18F9NO2/c18-14(19,15(20,21)16(22,23)17(24,25)26)8-4-5-9-29-13(28)12(27)10-11-6-2-1-3-7-11/h1-3,6-7,12H,4-5,8-10,27H2/t12-/m0/s1. The Kier molecular flexibility index (Phi) is 7.97. The Morgan fingerprint density at radius 3 is 1.97 bits per heavy atom. The zero-order valence-electron chi connectivity index (χ0n) is 14.8. The number of hydrogen-bond donors (Lipinski definition) is 1. The van der Waals surface area contributed by atoms with Crippen LogP contribution in [0.25, 0.3) is 0 Å². The minimum absolute atomic E-state index is 0.108. The summed E-state index contributed by atoms with van der Waals surface area (Å²) in [5, 5.41) is 0. The van der Waals surface area contributed by atoms with Gasteiger partial charge in [0.25, 0.3) is 0 Å². The monoisotopic (exact) mass is 439 g/mol. The summed E-state index contributed by atoms with van der Waals surface area (Å²) in [6, 6.07) is 7.42. The van der Waals surface area contributed by atoms with Gasteiger partial charge in [0.05, 0.1) is 6.61 Å². The van der Waals surface area contributed by atoms with E-state index >= 15 is 0 Å². The Hall–Kier alpha value is -1.98. The number of hydrogen-bond acceptors (Lipinski definition) is 3. The largest absolute Gasteiger partial charge is 0.465 e. The molecule has 0 fully saturated rings. The Labute approximate surface area is 160 Å². The van der Waals surface area contributed by atoms with Crippen LogP contribution in [-0.4, -0.2) is 42.6 Å². The summed E-state index contributed by atoms with van der Waals surface area (Å²) in [5.74, 6) is -20.1. The van der Waals surface area contributed by atoms with E-state index in [1.807, 2.05) is 0 Å². The second-order valence-electron chi connectivity index (χ2n) is 6.27. The summed E-state index contributed by atoms with van der Waals surface area (Å²) in [6.45, 7) is -0.543. The van der Waals surface area contributed by atoms with Crippen LogP contribution in [0, 0.1) is 0 Å². The first-order chi connectivity index (χ1) is 13.1. The van der Waals surface area contributed by atoms with Crippen LogP contribution in [0.3, 0.4) is 0 Å². The molecule has 29 heavy (non-hydrogen) atoms. The summed E-state index contributed by atoms with van der Waals surface area (Å²) in [5.41, 5.74) is 6.31. The van der Waals surface area contributed by atoms with E-state index in [1.165, 1.54) is 0 Å². The first-order valence-electron chi connectivity index (χ1n) is 8.30. The lowest BCUT2D eigenvalue weighted by molar-refractivity contribution is -0.396. The summed E-state index contributed by atoms with van der Waals surface area (Å²) in [6.07, 6.45) is -10.1. The van der Waals surface area contributed by atoms with Crippen LogP contribution < -0.4 is 5.73 Å². The molecular weight excluding hydrogens is 421 g/mol. The molecule has 3 nitrogen and oxygen atoms in total. The van der Waals surface area contributed by atoms with E-state index in [0.29, 0.717) is 5.56 Å². The van der Waals surface area contributed by atoms with Crippen LogP contribution in [0.5, 0.6) is 0 Å². The van der Waals surface area contributed by atoms with Crippen LogP contribution in [0.4, 0.5) is 39.5 Å². The summed E-state index contributed by atoms with van der Waals surface area (Å²) < 4.78 is 119. The maximum absolute atomic E-state index is 13.3. The minimum atomic E-state index is -6.90. The highest BCUT2D eigenvalue weighted by Gasteiger charge is 2.81. The molecule has 0 radical (unpaired) electrons. The molecule has 1 aromatic carbocycles. The molecular formula is C17H18F9NO2. The van der Waals surface area contributed by atoms with Gasteiger partial charge in [-0.1, -0.05) is 30.3 Å². The summed E-state index contributed by atoms with van der Waals surface area (Å²) in [7, 11) is 0. The number of rotatable bonds is 10. The maximum Gasteiger partial charge on any atom is 0.460 e. The fraction of sp³-hybridized carbons (Fsp3) is 0.588. The number of esters is 1. The molecule has 166 valence electrons. The zero-order valence-corrected chi connectivity index (χ0v) is 14.8. The average Bonchev–Trinajstić information content (AvgIpc) is 2.60. The quantitative estimate of drug-likeness (QED) is 0.326. The first-order valence-corrected chi connectivity index (χ1v) is 8.30. The Balaban J connectivity index is 2.47. The van der Waals surface area contributed by atoms with Crippen molar-refractivity contribution in [3.8, 4) is 0 Å². The van der Waals surface area contributed by atoms with E-state index in [4.69, 9.17) is 5.73 Å². The summed E-state index contributed by atoms with van der Waals surface area (Å²) >= 11 is 0. The highest BCUT2D eigenvalue weighted by Crippen LogP contribution is 2.54. The topological polar surface area (TPSA) is 52.3 Å². The van der Waals surface area contributed by atoms with Gasteiger partial charge in [-0.05, 0) is 24.8 Å². The number of alkyl halides is 9. The van der Waals surface area contributed by atoms with Gasteiger partial charge in [-0.3, -0.25) is 4.79 Å². The number of unbranched alkanes of at least 4 members (excludes halogenated alkanes) is 1. The molecule has 0 aromatic heterocycles. The number of nitrogens with two attached hydrogens (primary N) is 1. The molecule has 0 aliphatic heterocycles. The van der Waals surface area contributed by atoms with Gasteiger partial charge in [-0.15, -0.1) is 0 Å². The molecule has 1 atom stereocenters. The second kappa shape index (κ2) is 9.23. The molecule has 0 aliphatic carbocycles. The molecule has 0 aliphatic rings. The van der Waals surface area contributed by atoms with Gasteiger partial charge in [-0.2, -0.15) is 39.5 Å². The van der Waals surface area contributed by atoms with Crippen LogP contribution >= 0.6 is 0 Å². The van der Waals surface area contributed by atoms with Crippen molar-refractivity contribution < 1.29 is 49.0 Å². The summed E-state index contributed by atoms with van der Waals surface area (Å²) in [4.78, 5) is 11.7. The van der Waals surface area contributed by atoms with Crippen molar-refractivity contribution in [3.05, 3.63) is 35.9 Å². The normalized spacial score (nSPS) is 14.6. The Bertz CT molecular complexity index is 663. The van der Waals surface area contributed by atoms with Crippen molar-refractivity contribution in [3.63, 3.8) is 0 Å². The van der Waals surface area contributed by atoms with E-state index in [9.17, 15) is 44.3 Å². The van der Waals surface area contributed by atoms with Crippen LogP contribution in [0.1, 0.15) is 24.8 Å². The van der Waals surface area contributed by atoms with E-state index in [2.05, 4.69) is 4.74 Å². The van der Waals surface area contributed by atoms with E-state index < -0.39 is 61.8 Å². The molecule has 0 amide bonds. The van der Waals surface area contributed by atoms with E-state index in [1.54, 1.807) is 30.3 Å². The molecule has 0 heterocycles. The lowest BCUT2D eigenvalue weighted by Crippen LogP contribution is -2.60. The van der Waals surface area contributed by atoms with E-state index in [-0.39, 0.29) is 6.42 Å². The zero-order chi connectivity index (χ0) is 22.5. The first kappa shape index (κ1) is 25.1. The van der Waals surface area contributed by atoms with Gasteiger partial charge in [0.2, 0.25) is 0 Å². The maximum atomic E-state index is 13.3. The van der Waals surface area contributed by atoms with Crippen LogP contribution in [0.15, 0.2) is 30.3 Å². The third kappa shape index (κ3) is 6.00. The average molecular weight is 439 g/mol. The van der Waals surface area contributed by atoms with Crippen LogP contribution in [-0.2, 0) is 16.0 Å². The van der Waals surface area contributed by atoms with Gasteiger partial charge in [-0.25, -0.2) is 0 Å². The predicted molar refractivity (Wildman–Crippen MR) is 83.8 cm³/mol. The molecule has 12 heteroatoms. The van der Waals surface area contributed by atoms with Crippen molar-refractivity contribution in [2.24, 2.45) is 5.73 Å². The second-order valence-corrected chi connectivity index (χ2v) is 6.27. The van der Waals surface area contributed by atoms with Gasteiger partial charge in [0, 0.05) is 6.42 Å². The van der Waals surface area contributed by atoms with Gasteiger partial charge in [0.1, 0.15) is 6.04 Å². The number of halogens is 9. The van der Waals surface area contributed by atoms with Crippen molar-refractivity contribution in [1.29, 1.82) is 0 Å². The number of benzene rings is 1. The number of carbonyl (C=O) groups excluding carboxylic acids is 1. The van der Waals surface area contributed by atoms with Crippen molar-refractivity contribution >= 4 is 5.97 Å². The molecule has 0 saturated carbocycles. The van der Waals surface area contributed by atoms with Gasteiger partial charge in [0.15, 0.2) is 0 Å². The SMILES string of the molecule is N[C@@H](Cc1ccccc1)C(=O)OCCCCC(F)(F)C(F)(F)C(F)(F)C(F)(F)F. The molecule has 2 N–H and O–H groups in total. The molecule has 0 saturated heterocycles. The van der Waals surface area contributed by atoms with E-state index in [0.717, 1.165) is 0 Å². The van der Waals surface area contributed by atoms with Crippen molar-refractivity contribution in [2.45, 2.75) is 55.7 Å². The molecule has 0 unspecified atom stereocenters. The molecule has 0 spiro atoms. The van der Waals surface area contributed by atoms with Crippen molar-refractivity contribution in [1.82, 2.24) is 0 Å². The highest BCUT2D eigenvalue weighted by atomic mass is 19.4. The third-order valence-electron chi connectivity index (χ3n) is 3.94. The lowest BCUT2D eigenvalue weighted by atomic mass is 9.99. The fourth-order valence-corrected chi connectivity index (χ4v) is 2.24. The third-order valence-corrected chi connectivity index (χ3v) is 3.94. The fourth-order valence-electron chi connectivity index (χ4n) is 2.24. The Morgan fingerprint density at radius 1 is 0.897 bits per heavy atom. The number of ether oxygens (including phenoxy) is 1. The van der Waals surface area contributed by atoms with Gasteiger partial charge < -0.3 is 10.5 Å². The Morgan fingerprint density at radius 2 is 1.45 bits per heavy atom. The molecule has 1 aromatic rings. The van der Waals surface area contributed by atoms with Crippen molar-refractivity contribution in [2.75, 3.05) is 6.61 Å². The molecule has 1 rings (SSSR count). The highest BCUT2D eigenvalue weighted by molar-refractivity contribution is 5.75. The van der Waals surface area contributed by atoms with Gasteiger partial charge >= 0.3 is 29.9 Å². The predicted octanol–water partition coefficient (Wildman–Crippen LogP) is 4.74. The minimum Gasteiger partial charge on any atom is -0.465 e. The smallest absolute Gasteiger partial charge is 0.460 e. The lowest BCUT2D eigenvalue weighted by Gasteiger charge is -2.33. The number of carbonyl (C=O) groups is 1. The molecule has 0 bridgehead atoms. The van der Waals surface area contributed by atoms with Crippen LogP contribution in [0.2, 0.25) is 0 Å².